The zero-order valence-electron chi connectivity index (χ0n) is 20.5. The zero-order valence-corrected chi connectivity index (χ0v) is 20.5. The Morgan fingerprint density at radius 3 is 2.44 bits per heavy atom. The van der Waals surface area contributed by atoms with Crippen LogP contribution in [0.15, 0.2) is 97.7 Å². The van der Waals surface area contributed by atoms with Crippen LogP contribution in [0.5, 0.6) is 0 Å². The third-order valence-electron chi connectivity index (χ3n) is 7.67. The van der Waals surface area contributed by atoms with Crippen molar-refractivity contribution in [2.45, 2.75) is 20.3 Å². The second-order valence-electron chi connectivity index (χ2n) is 9.65. The summed E-state index contributed by atoms with van der Waals surface area (Å²) in [7, 11) is 0. The van der Waals surface area contributed by atoms with E-state index in [0.717, 1.165) is 34.6 Å². The average Bonchev–Trinajstić information content (AvgIpc) is 2.93. The topological polar surface area (TPSA) is 16.1 Å². The molecule has 2 nitrogen and oxygen atoms in total. The van der Waals surface area contributed by atoms with Crippen LogP contribution >= 0.6 is 0 Å². The summed E-state index contributed by atoms with van der Waals surface area (Å²) in [5, 5.41) is 7.58. The summed E-state index contributed by atoms with van der Waals surface area (Å²) >= 11 is 0. The molecule has 0 bridgehead atoms. The third-order valence-corrected chi connectivity index (χ3v) is 7.67. The van der Waals surface area contributed by atoms with Crippen molar-refractivity contribution in [1.29, 1.82) is 0 Å². The Hall–Kier alpha value is -4.43. The first kappa shape index (κ1) is 20.9. The fourth-order valence-electron chi connectivity index (χ4n) is 5.83. The molecule has 5 aromatic carbocycles. The van der Waals surface area contributed by atoms with Gasteiger partial charge in [-0.15, -0.1) is 0 Å². The van der Waals surface area contributed by atoms with Gasteiger partial charge in [-0.1, -0.05) is 68.1 Å². The van der Waals surface area contributed by atoms with Crippen molar-refractivity contribution in [2.75, 3.05) is 4.90 Å². The van der Waals surface area contributed by atoms with Gasteiger partial charge >= 0.3 is 0 Å². The van der Waals surface area contributed by atoms with Gasteiger partial charge in [-0.2, -0.15) is 0 Å². The molecule has 0 N–H and O–H groups in total. The summed E-state index contributed by atoms with van der Waals surface area (Å²) < 4.78 is 0. The molecule has 0 fully saturated rings. The highest BCUT2D eigenvalue weighted by molar-refractivity contribution is 6.25. The molecule has 2 heterocycles. The molecule has 6 aromatic rings. The van der Waals surface area contributed by atoms with E-state index < -0.39 is 0 Å². The second-order valence-corrected chi connectivity index (χ2v) is 9.65. The van der Waals surface area contributed by atoms with E-state index in [-0.39, 0.29) is 0 Å². The molecule has 0 saturated carbocycles. The van der Waals surface area contributed by atoms with Gasteiger partial charge in [-0.3, -0.25) is 4.98 Å². The molecular formula is C34H26N2. The maximum Gasteiger partial charge on any atom is 0.0822 e. The van der Waals surface area contributed by atoms with Crippen LogP contribution in [-0.2, 0) is 6.42 Å². The van der Waals surface area contributed by atoms with E-state index >= 15 is 0 Å². The van der Waals surface area contributed by atoms with Gasteiger partial charge in [0.25, 0.3) is 0 Å². The Bertz CT molecular complexity index is 1850. The minimum absolute atomic E-state index is 1.02. The lowest BCUT2D eigenvalue weighted by molar-refractivity contribution is 1.15. The number of pyridine rings is 1. The summed E-state index contributed by atoms with van der Waals surface area (Å²) in [6, 6.07) is 31.2. The molecule has 1 aliphatic rings. The van der Waals surface area contributed by atoms with Crippen molar-refractivity contribution >= 4 is 55.5 Å². The first-order valence-electron chi connectivity index (χ1n) is 12.6. The smallest absolute Gasteiger partial charge is 0.0822 e. The van der Waals surface area contributed by atoms with Crippen LogP contribution in [0, 0.1) is 6.92 Å². The fourth-order valence-corrected chi connectivity index (χ4v) is 5.83. The van der Waals surface area contributed by atoms with Crippen molar-refractivity contribution in [3.05, 3.63) is 114 Å². The number of benzene rings is 5. The van der Waals surface area contributed by atoms with E-state index in [4.69, 9.17) is 4.98 Å². The molecule has 1 aromatic heterocycles. The molecule has 0 spiro atoms. The summed E-state index contributed by atoms with van der Waals surface area (Å²) in [4.78, 5) is 7.35. The molecule has 0 radical (unpaired) electrons. The third kappa shape index (κ3) is 2.88. The van der Waals surface area contributed by atoms with E-state index in [1.54, 1.807) is 0 Å². The first-order valence-corrected chi connectivity index (χ1v) is 12.6. The van der Waals surface area contributed by atoms with Crippen molar-refractivity contribution < 1.29 is 0 Å². The maximum absolute atomic E-state index is 4.95. The standard InChI is InChI=1S/C34H26N2/c1-4-22-11-12-24-13-14-26-27-15-16-35-34-30-17-21(3)23(5-2)19-31(30)36(25-9-7-6-8-10-25)32(33(27)34)20-29(26)28(24)18-22/h5-20H,2,4H2,1,3H3. The van der Waals surface area contributed by atoms with Gasteiger partial charge in [0, 0.05) is 22.8 Å². The summed E-state index contributed by atoms with van der Waals surface area (Å²) in [6.07, 6.45) is 4.93. The van der Waals surface area contributed by atoms with E-state index in [0.29, 0.717) is 0 Å². The normalized spacial score (nSPS) is 12.3. The van der Waals surface area contributed by atoms with Crippen molar-refractivity contribution in [3.8, 4) is 11.3 Å². The predicted molar refractivity (Wildman–Crippen MR) is 155 cm³/mol. The molecule has 36 heavy (non-hydrogen) atoms. The largest absolute Gasteiger partial charge is 0.309 e. The van der Waals surface area contributed by atoms with E-state index in [9.17, 15) is 0 Å². The summed E-state index contributed by atoms with van der Waals surface area (Å²) in [6.45, 7) is 8.45. The van der Waals surface area contributed by atoms with E-state index in [1.165, 1.54) is 49.1 Å². The van der Waals surface area contributed by atoms with Crippen LogP contribution in [0.25, 0.3) is 49.7 Å². The number of nitrogens with zero attached hydrogens (tertiary/aromatic N) is 2. The summed E-state index contributed by atoms with van der Waals surface area (Å²) in [5.41, 5.74) is 9.37. The number of aromatic nitrogens is 1. The minimum atomic E-state index is 1.02. The lowest BCUT2D eigenvalue weighted by Gasteiger charge is -2.34. The highest BCUT2D eigenvalue weighted by Crippen LogP contribution is 2.52. The molecule has 0 atom stereocenters. The predicted octanol–water partition coefficient (Wildman–Crippen LogP) is 9.51. The molecule has 2 heteroatoms. The Morgan fingerprint density at radius 1 is 0.806 bits per heavy atom. The van der Waals surface area contributed by atoms with Crippen LogP contribution in [0.2, 0.25) is 0 Å². The van der Waals surface area contributed by atoms with Crippen LogP contribution in [0.1, 0.15) is 23.6 Å². The van der Waals surface area contributed by atoms with Crippen molar-refractivity contribution in [3.63, 3.8) is 0 Å². The SMILES string of the molecule is C=Cc1cc2c(cc1C)-c1nccc3c1c(cc1c4cc(CC)ccc4ccc31)N2c1ccccc1. The first-order chi connectivity index (χ1) is 17.7. The number of hydrogen-bond acceptors (Lipinski definition) is 2. The quantitative estimate of drug-likeness (QED) is 0.243. The minimum Gasteiger partial charge on any atom is -0.309 e. The van der Waals surface area contributed by atoms with Gasteiger partial charge < -0.3 is 4.90 Å². The number of para-hydroxylation sites is 1. The number of hydrogen-bond donors (Lipinski definition) is 0. The molecule has 0 amide bonds. The highest BCUT2D eigenvalue weighted by Gasteiger charge is 2.28. The second kappa shape index (κ2) is 7.79. The van der Waals surface area contributed by atoms with Gasteiger partial charge in [0.1, 0.15) is 0 Å². The monoisotopic (exact) mass is 462 g/mol. The van der Waals surface area contributed by atoms with Crippen molar-refractivity contribution in [2.24, 2.45) is 0 Å². The van der Waals surface area contributed by atoms with E-state index in [1.807, 2.05) is 12.3 Å². The average molecular weight is 463 g/mol. The van der Waals surface area contributed by atoms with Crippen LogP contribution in [-0.4, -0.2) is 4.98 Å². The molecule has 0 aliphatic carbocycles. The molecular weight excluding hydrogens is 436 g/mol. The van der Waals surface area contributed by atoms with Gasteiger partial charge in [0.15, 0.2) is 0 Å². The fraction of sp³-hybridized carbons (Fsp3) is 0.0882. The number of aryl methyl sites for hydroxylation is 2. The van der Waals surface area contributed by atoms with Gasteiger partial charge in [-0.25, -0.2) is 0 Å². The Kier molecular flexibility index (Phi) is 4.52. The van der Waals surface area contributed by atoms with Crippen LogP contribution < -0.4 is 4.90 Å². The Labute approximate surface area is 211 Å². The highest BCUT2D eigenvalue weighted by atomic mass is 15.2. The molecule has 0 unspecified atom stereocenters. The van der Waals surface area contributed by atoms with Crippen LogP contribution in [0.4, 0.5) is 17.1 Å². The number of fused-ring (bicyclic) bond motifs is 6. The van der Waals surface area contributed by atoms with Crippen molar-refractivity contribution in [1.82, 2.24) is 4.98 Å². The van der Waals surface area contributed by atoms with Gasteiger partial charge in [0.05, 0.1) is 17.1 Å². The molecule has 172 valence electrons. The number of anilines is 3. The Morgan fingerprint density at radius 2 is 1.64 bits per heavy atom. The summed E-state index contributed by atoms with van der Waals surface area (Å²) in [5.74, 6) is 0. The van der Waals surface area contributed by atoms with Crippen LogP contribution in [0.3, 0.4) is 0 Å². The molecule has 0 saturated heterocycles. The molecule has 1 aliphatic heterocycles. The van der Waals surface area contributed by atoms with Gasteiger partial charge in [0.2, 0.25) is 0 Å². The lowest BCUT2D eigenvalue weighted by atomic mass is 9.88. The molecule has 7 rings (SSSR count). The number of rotatable bonds is 3. The van der Waals surface area contributed by atoms with Gasteiger partial charge in [-0.05, 0) is 93.4 Å². The Balaban J connectivity index is 1.69. The van der Waals surface area contributed by atoms with E-state index in [2.05, 4.69) is 110 Å². The lowest BCUT2D eigenvalue weighted by Crippen LogP contribution is -2.16. The zero-order chi connectivity index (χ0) is 24.4. The maximum atomic E-state index is 4.95.